The highest BCUT2D eigenvalue weighted by atomic mass is 32.1. The van der Waals surface area contributed by atoms with Gasteiger partial charge in [0, 0.05) is 44.8 Å². The molecule has 3 rings (SSSR count). The van der Waals surface area contributed by atoms with Crippen LogP contribution in [0.3, 0.4) is 0 Å². The van der Waals surface area contributed by atoms with Crippen LogP contribution in [0.1, 0.15) is 24.8 Å². The largest absolute Gasteiger partial charge is 0.343 e. The molecule has 0 aromatic carbocycles. The summed E-state index contributed by atoms with van der Waals surface area (Å²) in [7, 11) is 1.94. The number of carbonyl (C=O) groups excluding carboxylic acids is 1. The minimum atomic E-state index is -0.249. The van der Waals surface area contributed by atoms with Crippen molar-refractivity contribution in [3.05, 3.63) is 16.6 Å². The van der Waals surface area contributed by atoms with Gasteiger partial charge in [-0.2, -0.15) is 0 Å². The number of likely N-dealkylation sites (tertiary alicyclic amines) is 1. The van der Waals surface area contributed by atoms with Crippen molar-refractivity contribution in [3.63, 3.8) is 0 Å². The zero-order chi connectivity index (χ0) is 14.9. The lowest BCUT2D eigenvalue weighted by atomic mass is 9.82. The molecule has 0 unspecified atom stereocenters. The predicted molar refractivity (Wildman–Crippen MR) is 84.2 cm³/mol. The molecule has 1 amide bonds. The number of piperazine rings is 1. The van der Waals surface area contributed by atoms with Gasteiger partial charge in [0.05, 0.1) is 6.54 Å². The number of piperidine rings is 1. The Morgan fingerprint density at radius 3 is 2.67 bits per heavy atom. The quantitative estimate of drug-likeness (QED) is 0.843. The van der Waals surface area contributed by atoms with Crippen LogP contribution in [0.25, 0.3) is 0 Å². The third kappa shape index (κ3) is 2.72. The third-order valence-corrected chi connectivity index (χ3v) is 5.73. The van der Waals surface area contributed by atoms with E-state index in [0.29, 0.717) is 5.91 Å². The SMILES string of the molecule is CCN1CCN(C)C(=O)C12CCN(Cc1nccs1)CC2. The topological polar surface area (TPSA) is 39.7 Å². The van der Waals surface area contributed by atoms with Crippen LogP contribution in [-0.4, -0.2) is 70.9 Å². The maximum absolute atomic E-state index is 12.8. The Balaban J connectivity index is 1.68. The van der Waals surface area contributed by atoms with Gasteiger partial charge in [0.2, 0.25) is 5.91 Å². The lowest BCUT2D eigenvalue weighted by molar-refractivity contribution is -0.154. The first-order valence-electron chi connectivity index (χ1n) is 7.77. The van der Waals surface area contributed by atoms with E-state index in [2.05, 4.69) is 21.7 Å². The molecule has 1 aromatic heterocycles. The summed E-state index contributed by atoms with van der Waals surface area (Å²) in [4.78, 5) is 23.9. The minimum Gasteiger partial charge on any atom is -0.343 e. The molecule has 21 heavy (non-hydrogen) atoms. The molecule has 3 heterocycles. The second kappa shape index (κ2) is 6.02. The second-order valence-corrected chi connectivity index (χ2v) is 7.02. The Labute approximate surface area is 130 Å². The van der Waals surface area contributed by atoms with Crippen LogP contribution in [0.2, 0.25) is 0 Å². The van der Waals surface area contributed by atoms with Gasteiger partial charge in [-0.15, -0.1) is 11.3 Å². The molecule has 2 aliphatic rings. The van der Waals surface area contributed by atoms with Gasteiger partial charge in [0.15, 0.2) is 0 Å². The number of likely N-dealkylation sites (N-methyl/N-ethyl adjacent to an activating group) is 2. The zero-order valence-corrected chi connectivity index (χ0v) is 13.7. The molecule has 0 radical (unpaired) electrons. The number of hydrogen-bond acceptors (Lipinski definition) is 5. The van der Waals surface area contributed by atoms with Gasteiger partial charge < -0.3 is 4.90 Å². The molecule has 0 bridgehead atoms. The fourth-order valence-electron chi connectivity index (χ4n) is 3.67. The molecule has 2 fully saturated rings. The smallest absolute Gasteiger partial charge is 0.242 e. The number of rotatable bonds is 3. The van der Waals surface area contributed by atoms with Gasteiger partial charge in [-0.1, -0.05) is 6.92 Å². The van der Waals surface area contributed by atoms with Gasteiger partial charge in [-0.3, -0.25) is 14.6 Å². The van der Waals surface area contributed by atoms with Crippen LogP contribution in [-0.2, 0) is 11.3 Å². The molecule has 2 aliphatic heterocycles. The number of hydrogen-bond donors (Lipinski definition) is 0. The lowest BCUT2D eigenvalue weighted by Gasteiger charge is -2.52. The highest BCUT2D eigenvalue weighted by Crippen LogP contribution is 2.33. The highest BCUT2D eigenvalue weighted by Gasteiger charge is 2.49. The first-order valence-corrected chi connectivity index (χ1v) is 8.65. The molecule has 0 atom stereocenters. The molecule has 0 aliphatic carbocycles. The Morgan fingerprint density at radius 1 is 1.29 bits per heavy atom. The van der Waals surface area contributed by atoms with Crippen LogP contribution in [0.4, 0.5) is 0 Å². The molecular weight excluding hydrogens is 284 g/mol. The molecule has 1 aromatic rings. The van der Waals surface area contributed by atoms with Crippen LogP contribution in [0.5, 0.6) is 0 Å². The van der Waals surface area contributed by atoms with Gasteiger partial charge in [-0.25, -0.2) is 4.98 Å². The number of thiazole rings is 1. The predicted octanol–water partition coefficient (Wildman–Crippen LogP) is 1.27. The molecule has 6 heteroatoms. The summed E-state index contributed by atoms with van der Waals surface area (Å²) in [6.07, 6.45) is 3.74. The van der Waals surface area contributed by atoms with Crippen LogP contribution in [0, 0.1) is 0 Å². The number of amides is 1. The molecule has 5 nitrogen and oxygen atoms in total. The fourth-order valence-corrected chi connectivity index (χ4v) is 4.33. The summed E-state index contributed by atoms with van der Waals surface area (Å²) in [6.45, 7) is 7.88. The van der Waals surface area contributed by atoms with E-state index >= 15 is 0 Å². The highest BCUT2D eigenvalue weighted by molar-refractivity contribution is 7.09. The first kappa shape index (κ1) is 14.9. The normalized spacial score (nSPS) is 23.9. The zero-order valence-electron chi connectivity index (χ0n) is 12.9. The van der Waals surface area contributed by atoms with Gasteiger partial charge >= 0.3 is 0 Å². The van der Waals surface area contributed by atoms with Crippen molar-refractivity contribution in [1.29, 1.82) is 0 Å². The Kier molecular flexibility index (Phi) is 4.28. The monoisotopic (exact) mass is 308 g/mol. The van der Waals surface area contributed by atoms with Crippen molar-refractivity contribution in [2.45, 2.75) is 31.8 Å². The Morgan fingerprint density at radius 2 is 2.05 bits per heavy atom. The van der Waals surface area contributed by atoms with Crippen LogP contribution >= 0.6 is 11.3 Å². The summed E-state index contributed by atoms with van der Waals surface area (Å²) in [5.41, 5.74) is -0.249. The molecular formula is C15H24N4OS. The second-order valence-electron chi connectivity index (χ2n) is 6.04. The Hall–Kier alpha value is -0.980. The fraction of sp³-hybridized carbons (Fsp3) is 0.733. The van der Waals surface area contributed by atoms with E-state index in [0.717, 1.165) is 52.1 Å². The van der Waals surface area contributed by atoms with E-state index < -0.39 is 0 Å². The number of aromatic nitrogens is 1. The molecule has 116 valence electrons. The van der Waals surface area contributed by atoms with Gasteiger partial charge in [-0.05, 0) is 19.4 Å². The van der Waals surface area contributed by atoms with Gasteiger partial charge in [0.25, 0.3) is 0 Å². The molecule has 1 spiro atoms. The Bertz CT molecular complexity index is 482. The summed E-state index contributed by atoms with van der Waals surface area (Å²) in [6, 6.07) is 0. The first-order chi connectivity index (χ1) is 10.2. The summed E-state index contributed by atoms with van der Waals surface area (Å²) < 4.78 is 0. The van der Waals surface area contributed by atoms with Crippen molar-refractivity contribution < 1.29 is 4.79 Å². The van der Waals surface area contributed by atoms with E-state index in [1.165, 1.54) is 5.01 Å². The van der Waals surface area contributed by atoms with Crippen molar-refractivity contribution in [2.24, 2.45) is 0 Å². The molecule has 2 saturated heterocycles. The summed E-state index contributed by atoms with van der Waals surface area (Å²) in [5, 5.41) is 3.20. The number of carbonyl (C=O) groups is 1. The lowest BCUT2D eigenvalue weighted by Crippen LogP contribution is -2.67. The van der Waals surface area contributed by atoms with Crippen LogP contribution < -0.4 is 0 Å². The van der Waals surface area contributed by atoms with E-state index in [1.54, 1.807) is 11.3 Å². The summed E-state index contributed by atoms with van der Waals surface area (Å²) in [5.74, 6) is 0.324. The molecule has 0 saturated carbocycles. The summed E-state index contributed by atoms with van der Waals surface area (Å²) >= 11 is 1.71. The van der Waals surface area contributed by atoms with Crippen LogP contribution in [0.15, 0.2) is 11.6 Å². The average Bonchev–Trinajstić information content (AvgIpc) is 3.00. The minimum absolute atomic E-state index is 0.249. The number of nitrogens with zero attached hydrogens (tertiary/aromatic N) is 4. The van der Waals surface area contributed by atoms with E-state index in [9.17, 15) is 4.79 Å². The maximum atomic E-state index is 12.8. The molecule has 0 N–H and O–H groups in total. The van der Waals surface area contributed by atoms with Crippen molar-refractivity contribution in [1.82, 2.24) is 19.7 Å². The third-order valence-electron chi connectivity index (χ3n) is 4.96. The standard InChI is InChI=1S/C15H24N4OS/c1-3-19-10-9-17(2)14(20)15(19)4-7-18(8-5-15)12-13-16-6-11-21-13/h6,11H,3-5,7-10,12H2,1-2H3. The van der Waals surface area contributed by atoms with E-state index in [1.807, 2.05) is 23.5 Å². The van der Waals surface area contributed by atoms with Crippen molar-refractivity contribution in [3.8, 4) is 0 Å². The maximum Gasteiger partial charge on any atom is 0.242 e. The van der Waals surface area contributed by atoms with Crippen molar-refractivity contribution in [2.75, 3.05) is 39.8 Å². The van der Waals surface area contributed by atoms with Crippen molar-refractivity contribution >= 4 is 17.2 Å². The van der Waals surface area contributed by atoms with E-state index in [4.69, 9.17) is 0 Å². The van der Waals surface area contributed by atoms with Gasteiger partial charge in [0.1, 0.15) is 10.5 Å². The van der Waals surface area contributed by atoms with E-state index in [-0.39, 0.29) is 5.54 Å². The average molecular weight is 308 g/mol.